The molecule has 1 aliphatic heterocycles. The summed E-state index contributed by atoms with van der Waals surface area (Å²) in [6, 6.07) is 0.717. The highest BCUT2D eigenvalue weighted by Gasteiger charge is 2.29. The van der Waals surface area contributed by atoms with Gasteiger partial charge >= 0.3 is 0 Å². The van der Waals surface area contributed by atoms with Crippen LogP contribution in [0.5, 0.6) is 0 Å². The lowest BCUT2D eigenvalue weighted by molar-refractivity contribution is 0.0100. The molecule has 2 heteroatoms. The SMILES string of the molecule is CNC(CCC1CCCC1)C1CCOCC1C. The molecule has 100 valence electrons. The fourth-order valence-corrected chi connectivity index (χ4v) is 3.78. The molecule has 0 radical (unpaired) electrons. The van der Waals surface area contributed by atoms with Crippen molar-refractivity contribution in [2.24, 2.45) is 17.8 Å². The first-order valence-electron chi connectivity index (χ1n) is 7.56. The third-order valence-electron chi connectivity index (χ3n) is 4.96. The first-order chi connectivity index (χ1) is 8.31. The fraction of sp³-hybridized carbons (Fsp3) is 1.00. The van der Waals surface area contributed by atoms with E-state index in [4.69, 9.17) is 4.74 Å². The number of hydrogen-bond acceptors (Lipinski definition) is 2. The van der Waals surface area contributed by atoms with Crippen LogP contribution in [0.3, 0.4) is 0 Å². The summed E-state index contributed by atoms with van der Waals surface area (Å²) in [4.78, 5) is 0. The zero-order chi connectivity index (χ0) is 12.1. The fourth-order valence-electron chi connectivity index (χ4n) is 3.78. The molecule has 3 unspecified atom stereocenters. The van der Waals surface area contributed by atoms with E-state index in [0.717, 1.165) is 37.0 Å². The van der Waals surface area contributed by atoms with Crippen LogP contribution >= 0.6 is 0 Å². The van der Waals surface area contributed by atoms with E-state index in [1.807, 2.05) is 0 Å². The summed E-state index contributed by atoms with van der Waals surface area (Å²) in [5.41, 5.74) is 0. The molecule has 0 amide bonds. The zero-order valence-corrected chi connectivity index (χ0v) is 11.6. The Hall–Kier alpha value is -0.0800. The van der Waals surface area contributed by atoms with E-state index >= 15 is 0 Å². The van der Waals surface area contributed by atoms with Gasteiger partial charge in [0.05, 0.1) is 0 Å². The van der Waals surface area contributed by atoms with Crippen LogP contribution in [-0.4, -0.2) is 26.3 Å². The third-order valence-corrected chi connectivity index (χ3v) is 4.96. The van der Waals surface area contributed by atoms with Crippen LogP contribution in [0, 0.1) is 17.8 Å². The van der Waals surface area contributed by atoms with Crippen molar-refractivity contribution in [3.8, 4) is 0 Å². The molecule has 2 nitrogen and oxygen atoms in total. The summed E-state index contributed by atoms with van der Waals surface area (Å²) in [6.07, 6.45) is 9.98. The van der Waals surface area contributed by atoms with Crippen molar-refractivity contribution in [1.82, 2.24) is 5.32 Å². The van der Waals surface area contributed by atoms with Gasteiger partial charge in [-0.15, -0.1) is 0 Å². The van der Waals surface area contributed by atoms with Gasteiger partial charge in [0.1, 0.15) is 0 Å². The van der Waals surface area contributed by atoms with Crippen LogP contribution in [-0.2, 0) is 4.74 Å². The molecule has 2 rings (SSSR count). The Morgan fingerprint density at radius 2 is 2.00 bits per heavy atom. The van der Waals surface area contributed by atoms with E-state index in [1.54, 1.807) is 0 Å². The maximum atomic E-state index is 5.56. The normalized spacial score (nSPS) is 32.8. The zero-order valence-electron chi connectivity index (χ0n) is 11.6. The van der Waals surface area contributed by atoms with E-state index in [0.29, 0.717) is 0 Å². The van der Waals surface area contributed by atoms with Gasteiger partial charge < -0.3 is 10.1 Å². The molecule has 0 aromatic heterocycles. The molecule has 1 heterocycles. The second-order valence-electron chi connectivity index (χ2n) is 6.13. The quantitative estimate of drug-likeness (QED) is 0.795. The molecule has 2 aliphatic rings. The van der Waals surface area contributed by atoms with Crippen molar-refractivity contribution in [3.63, 3.8) is 0 Å². The van der Waals surface area contributed by atoms with Crippen LogP contribution in [0.25, 0.3) is 0 Å². The lowest BCUT2D eigenvalue weighted by Crippen LogP contribution is -2.41. The first kappa shape index (κ1) is 13.4. The van der Waals surface area contributed by atoms with E-state index in [2.05, 4.69) is 19.3 Å². The number of nitrogens with one attached hydrogen (secondary N) is 1. The van der Waals surface area contributed by atoms with Gasteiger partial charge in [0, 0.05) is 19.3 Å². The van der Waals surface area contributed by atoms with Crippen molar-refractivity contribution in [1.29, 1.82) is 0 Å². The highest BCUT2D eigenvalue weighted by Crippen LogP contribution is 2.32. The smallest absolute Gasteiger partial charge is 0.0494 e. The second kappa shape index (κ2) is 6.75. The molecule has 0 spiro atoms. The highest BCUT2D eigenvalue weighted by molar-refractivity contribution is 4.82. The average Bonchev–Trinajstić information content (AvgIpc) is 2.85. The van der Waals surface area contributed by atoms with Crippen LogP contribution in [0.1, 0.15) is 51.9 Å². The molecule has 3 atom stereocenters. The molecular formula is C15H29NO. The van der Waals surface area contributed by atoms with Crippen molar-refractivity contribution in [2.75, 3.05) is 20.3 Å². The average molecular weight is 239 g/mol. The van der Waals surface area contributed by atoms with Gasteiger partial charge in [-0.1, -0.05) is 32.6 Å². The van der Waals surface area contributed by atoms with Crippen molar-refractivity contribution < 1.29 is 4.74 Å². The predicted molar refractivity (Wildman–Crippen MR) is 72.1 cm³/mol. The lowest BCUT2D eigenvalue weighted by Gasteiger charge is -2.35. The summed E-state index contributed by atoms with van der Waals surface area (Å²) in [5, 5.41) is 3.57. The Morgan fingerprint density at radius 1 is 1.24 bits per heavy atom. The molecule has 1 N–H and O–H groups in total. The minimum atomic E-state index is 0.717. The molecule has 2 fully saturated rings. The Balaban J connectivity index is 1.77. The van der Waals surface area contributed by atoms with Gasteiger partial charge in [0.25, 0.3) is 0 Å². The molecule has 0 aromatic carbocycles. The van der Waals surface area contributed by atoms with Crippen LogP contribution in [0.4, 0.5) is 0 Å². The number of rotatable bonds is 5. The van der Waals surface area contributed by atoms with Gasteiger partial charge in [0.2, 0.25) is 0 Å². The Bertz CT molecular complexity index is 213. The Morgan fingerprint density at radius 3 is 2.65 bits per heavy atom. The Kier molecular flexibility index (Phi) is 5.30. The van der Waals surface area contributed by atoms with Gasteiger partial charge in [0.15, 0.2) is 0 Å². The van der Waals surface area contributed by atoms with E-state index in [9.17, 15) is 0 Å². The van der Waals surface area contributed by atoms with Gasteiger partial charge in [-0.25, -0.2) is 0 Å². The van der Waals surface area contributed by atoms with Crippen molar-refractivity contribution >= 4 is 0 Å². The number of hydrogen-bond donors (Lipinski definition) is 1. The lowest BCUT2D eigenvalue weighted by atomic mass is 9.80. The summed E-state index contributed by atoms with van der Waals surface area (Å²) < 4.78 is 5.56. The standard InChI is InChI=1S/C15H29NO/c1-12-11-17-10-9-14(12)15(16-2)8-7-13-5-3-4-6-13/h12-16H,3-11H2,1-2H3. The predicted octanol–water partition coefficient (Wildman–Crippen LogP) is 3.22. The maximum Gasteiger partial charge on any atom is 0.0494 e. The molecular weight excluding hydrogens is 210 g/mol. The van der Waals surface area contributed by atoms with Crippen molar-refractivity contribution in [2.45, 2.75) is 57.9 Å². The topological polar surface area (TPSA) is 21.3 Å². The first-order valence-corrected chi connectivity index (χ1v) is 7.56. The highest BCUT2D eigenvalue weighted by atomic mass is 16.5. The van der Waals surface area contributed by atoms with Crippen molar-refractivity contribution in [3.05, 3.63) is 0 Å². The molecule has 1 saturated heterocycles. The van der Waals surface area contributed by atoms with Gasteiger partial charge in [-0.2, -0.15) is 0 Å². The largest absolute Gasteiger partial charge is 0.381 e. The molecule has 0 aromatic rings. The minimum Gasteiger partial charge on any atom is -0.381 e. The van der Waals surface area contributed by atoms with Crippen LogP contribution in [0.15, 0.2) is 0 Å². The number of ether oxygens (including phenoxy) is 1. The Labute approximate surface area is 107 Å². The summed E-state index contributed by atoms with van der Waals surface area (Å²) in [5.74, 6) is 2.58. The molecule has 17 heavy (non-hydrogen) atoms. The summed E-state index contributed by atoms with van der Waals surface area (Å²) >= 11 is 0. The van der Waals surface area contributed by atoms with Crippen LogP contribution in [0.2, 0.25) is 0 Å². The molecule has 0 bridgehead atoms. The van der Waals surface area contributed by atoms with E-state index < -0.39 is 0 Å². The van der Waals surface area contributed by atoms with Gasteiger partial charge in [-0.05, 0) is 44.1 Å². The molecule has 1 aliphatic carbocycles. The minimum absolute atomic E-state index is 0.717. The summed E-state index contributed by atoms with van der Waals surface area (Å²) in [7, 11) is 2.14. The van der Waals surface area contributed by atoms with Crippen LogP contribution < -0.4 is 5.32 Å². The third kappa shape index (κ3) is 3.69. The monoisotopic (exact) mass is 239 g/mol. The maximum absolute atomic E-state index is 5.56. The molecule has 1 saturated carbocycles. The van der Waals surface area contributed by atoms with E-state index in [1.165, 1.54) is 44.9 Å². The van der Waals surface area contributed by atoms with Gasteiger partial charge in [-0.3, -0.25) is 0 Å². The van der Waals surface area contributed by atoms with E-state index in [-0.39, 0.29) is 0 Å². The summed E-state index contributed by atoms with van der Waals surface area (Å²) in [6.45, 7) is 4.28. The second-order valence-corrected chi connectivity index (χ2v) is 6.13.